The molecule has 2 aliphatic rings. The molecule has 1 amide bonds. The van der Waals surface area contributed by atoms with Crippen LogP contribution in [0.5, 0.6) is 0 Å². The highest BCUT2D eigenvalue weighted by Gasteiger charge is 2.54. The van der Waals surface area contributed by atoms with Crippen molar-refractivity contribution in [1.82, 2.24) is 0 Å². The molecule has 3 atom stereocenters. The maximum absolute atomic E-state index is 12.2. The highest BCUT2D eigenvalue weighted by atomic mass is 16.1. The van der Waals surface area contributed by atoms with Crippen LogP contribution in [0.3, 0.4) is 0 Å². The molecule has 0 radical (unpaired) electrons. The summed E-state index contributed by atoms with van der Waals surface area (Å²) < 4.78 is 0. The fraction of sp³-hybridized carbons (Fsp3) is 0.650. The zero-order chi connectivity index (χ0) is 16.1. The lowest BCUT2D eigenvalue weighted by atomic mass is 9.49. The average Bonchev–Trinajstić information content (AvgIpc) is 2.46. The standard InChI is InChI=1S/C20H29NO/c1-13(2)14-6-8-16-15(12-14)7-9-17-19(16,3)10-5-11-20(17,4)18(21)22/h6,8,12-13,17H,5,7,9-11H2,1-4H3,(H2,21,22)/t17?,19-,20?/m1/s1. The van der Waals surface area contributed by atoms with Gasteiger partial charge in [0.2, 0.25) is 5.91 Å². The van der Waals surface area contributed by atoms with Crippen LogP contribution in [-0.4, -0.2) is 5.91 Å². The molecule has 1 fully saturated rings. The summed E-state index contributed by atoms with van der Waals surface area (Å²) >= 11 is 0. The molecule has 1 saturated carbocycles. The van der Waals surface area contributed by atoms with Gasteiger partial charge in [-0.1, -0.05) is 52.3 Å². The maximum Gasteiger partial charge on any atom is 0.223 e. The van der Waals surface area contributed by atoms with E-state index in [4.69, 9.17) is 5.73 Å². The van der Waals surface area contributed by atoms with E-state index in [-0.39, 0.29) is 16.7 Å². The first-order valence-corrected chi connectivity index (χ1v) is 8.72. The van der Waals surface area contributed by atoms with E-state index in [1.165, 1.54) is 23.1 Å². The summed E-state index contributed by atoms with van der Waals surface area (Å²) in [7, 11) is 0. The third-order valence-electron chi connectivity index (χ3n) is 6.61. The third kappa shape index (κ3) is 2.11. The van der Waals surface area contributed by atoms with Gasteiger partial charge in [0, 0.05) is 5.41 Å². The number of nitrogens with two attached hydrogens (primary N) is 1. The quantitative estimate of drug-likeness (QED) is 0.869. The molecule has 0 saturated heterocycles. The predicted octanol–water partition coefficient (Wildman–Crippen LogP) is 4.31. The van der Waals surface area contributed by atoms with Crippen LogP contribution in [-0.2, 0) is 16.6 Å². The minimum absolute atomic E-state index is 0.102. The molecule has 2 aliphatic carbocycles. The molecule has 0 aliphatic heterocycles. The van der Waals surface area contributed by atoms with Crippen molar-refractivity contribution in [1.29, 1.82) is 0 Å². The molecule has 0 bridgehead atoms. The predicted molar refractivity (Wildman–Crippen MR) is 90.8 cm³/mol. The molecule has 2 unspecified atom stereocenters. The highest BCUT2D eigenvalue weighted by molar-refractivity contribution is 5.81. The number of rotatable bonds is 2. The molecule has 2 heteroatoms. The Kier molecular flexibility index (Phi) is 3.62. The second-order valence-electron chi connectivity index (χ2n) is 8.22. The molecule has 120 valence electrons. The van der Waals surface area contributed by atoms with E-state index in [2.05, 4.69) is 45.9 Å². The Balaban J connectivity index is 2.08. The van der Waals surface area contributed by atoms with Gasteiger partial charge < -0.3 is 5.73 Å². The van der Waals surface area contributed by atoms with Crippen molar-refractivity contribution in [3.63, 3.8) is 0 Å². The second-order valence-corrected chi connectivity index (χ2v) is 8.22. The largest absolute Gasteiger partial charge is 0.369 e. The van der Waals surface area contributed by atoms with Gasteiger partial charge in [0.25, 0.3) is 0 Å². The number of hydrogen-bond donors (Lipinski definition) is 1. The summed E-state index contributed by atoms with van der Waals surface area (Å²) in [6, 6.07) is 7.02. The van der Waals surface area contributed by atoms with Crippen LogP contribution in [0.25, 0.3) is 0 Å². The zero-order valence-electron chi connectivity index (χ0n) is 14.4. The van der Waals surface area contributed by atoms with Crippen LogP contribution in [0.4, 0.5) is 0 Å². The van der Waals surface area contributed by atoms with Crippen LogP contribution in [0, 0.1) is 11.3 Å². The van der Waals surface area contributed by atoms with Gasteiger partial charge in [0.05, 0.1) is 0 Å². The topological polar surface area (TPSA) is 43.1 Å². The SMILES string of the molecule is CC(C)c1ccc2c(c1)CCC1C(C)(C(N)=O)CCC[C@]21C. The van der Waals surface area contributed by atoms with Crippen molar-refractivity contribution in [3.8, 4) is 0 Å². The molecular formula is C20H29NO. The third-order valence-corrected chi connectivity index (χ3v) is 6.61. The lowest BCUT2D eigenvalue weighted by molar-refractivity contribution is -0.135. The number of carbonyl (C=O) groups is 1. The van der Waals surface area contributed by atoms with Crippen LogP contribution in [0.1, 0.15) is 76.0 Å². The number of carbonyl (C=O) groups excluding carboxylic acids is 1. The Morgan fingerprint density at radius 3 is 2.64 bits per heavy atom. The summed E-state index contributed by atoms with van der Waals surface area (Å²) in [5.74, 6) is 0.840. The number of aryl methyl sites for hydroxylation is 1. The summed E-state index contributed by atoms with van der Waals surface area (Å²) in [6.45, 7) is 8.97. The van der Waals surface area contributed by atoms with Gasteiger partial charge in [-0.15, -0.1) is 0 Å². The van der Waals surface area contributed by atoms with E-state index in [1.54, 1.807) is 0 Å². The minimum atomic E-state index is -0.346. The first kappa shape index (κ1) is 15.6. The lowest BCUT2D eigenvalue weighted by Gasteiger charge is -2.54. The molecule has 1 aromatic carbocycles. The first-order valence-electron chi connectivity index (χ1n) is 8.72. The van der Waals surface area contributed by atoms with E-state index in [0.717, 1.165) is 25.7 Å². The lowest BCUT2D eigenvalue weighted by Crippen LogP contribution is -2.54. The Hall–Kier alpha value is -1.31. The molecule has 0 spiro atoms. The van der Waals surface area contributed by atoms with Gasteiger partial charge >= 0.3 is 0 Å². The van der Waals surface area contributed by atoms with Gasteiger partial charge in [0.15, 0.2) is 0 Å². The van der Waals surface area contributed by atoms with Crippen molar-refractivity contribution in [2.75, 3.05) is 0 Å². The van der Waals surface area contributed by atoms with E-state index in [0.29, 0.717) is 11.8 Å². The molecule has 1 aromatic rings. The number of primary amides is 1. The van der Waals surface area contributed by atoms with E-state index < -0.39 is 0 Å². The molecule has 2 N–H and O–H groups in total. The molecule has 2 nitrogen and oxygen atoms in total. The van der Waals surface area contributed by atoms with Crippen LogP contribution < -0.4 is 5.73 Å². The van der Waals surface area contributed by atoms with Gasteiger partial charge in [-0.25, -0.2) is 0 Å². The average molecular weight is 299 g/mol. The van der Waals surface area contributed by atoms with Crippen LogP contribution in [0.2, 0.25) is 0 Å². The normalized spacial score (nSPS) is 34.1. The van der Waals surface area contributed by atoms with Crippen LogP contribution >= 0.6 is 0 Å². The molecule has 22 heavy (non-hydrogen) atoms. The van der Waals surface area contributed by atoms with E-state index in [9.17, 15) is 4.79 Å². The maximum atomic E-state index is 12.2. The fourth-order valence-corrected chi connectivity index (χ4v) is 5.17. The Morgan fingerprint density at radius 1 is 1.27 bits per heavy atom. The van der Waals surface area contributed by atoms with E-state index in [1.807, 2.05) is 0 Å². The summed E-state index contributed by atoms with van der Waals surface area (Å²) in [5.41, 5.74) is 9.97. The first-order chi connectivity index (χ1) is 10.3. The van der Waals surface area contributed by atoms with E-state index >= 15 is 0 Å². The number of amides is 1. The van der Waals surface area contributed by atoms with Gasteiger partial charge in [0.1, 0.15) is 0 Å². The Morgan fingerprint density at radius 2 is 2.00 bits per heavy atom. The Labute approximate surface area is 134 Å². The summed E-state index contributed by atoms with van der Waals surface area (Å²) in [5, 5.41) is 0. The zero-order valence-corrected chi connectivity index (χ0v) is 14.4. The number of benzene rings is 1. The fourth-order valence-electron chi connectivity index (χ4n) is 5.17. The van der Waals surface area contributed by atoms with Crippen molar-refractivity contribution >= 4 is 5.91 Å². The Bertz CT molecular complexity index is 606. The molecule has 0 heterocycles. The van der Waals surface area contributed by atoms with Gasteiger partial charge in [-0.3, -0.25) is 4.79 Å². The second kappa shape index (κ2) is 5.11. The van der Waals surface area contributed by atoms with Crippen LogP contribution in [0.15, 0.2) is 18.2 Å². The van der Waals surface area contributed by atoms with Crippen molar-refractivity contribution in [3.05, 3.63) is 34.9 Å². The van der Waals surface area contributed by atoms with Crippen molar-refractivity contribution in [2.45, 2.75) is 71.1 Å². The van der Waals surface area contributed by atoms with Gasteiger partial charge in [-0.05, 0) is 59.6 Å². The minimum Gasteiger partial charge on any atom is -0.369 e. The number of fused-ring (bicyclic) bond motifs is 3. The highest BCUT2D eigenvalue weighted by Crippen LogP contribution is 2.57. The van der Waals surface area contributed by atoms with Crippen molar-refractivity contribution < 1.29 is 4.79 Å². The molecule has 3 rings (SSSR count). The summed E-state index contributed by atoms with van der Waals surface area (Å²) in [6.07, 6.45) is 5.39. The number of hydrogen-bond acceptors (Lipinski definition) is 1. The van der Waals surface area contributed by atoms with Crippen molar-refractivity contribution in [2.24, 2.45) is 17.1 Å². The molecular weight excluding hydrogens is 270 g/mol. The van der Waals surface area contributed by atoms with Gasteiger partial charge in [-0.2, -0.15) is 0 Å². The summed E-state index contributed by atoms with van der Waals surface area (Å²) in [4.78, 5) is 12.2. The molecule has 0 aromatic heterocycles. The smallest absolute Gasteiger partial charge is 0.223 e. The monoisotopic (exact) mass is 299 g/mol.